The molecule has 1 aromatic heterocycles. The van der Waals surface area contributed by atoms with Gasteiger partial charge in [-0.15, -0.1) is 0 Å². The van der Waals surface area contributed by atoms with Gasteiger partial charge in [0.05, 0.1) is 6.61 Å². The number of halogens is 1. The molecular weight excluding hydrogens is 408 g/mol. The fourth-order valence-electron chi connectivity index (χ4n) is 3.03. The summed E-state index contributed by atoms with van der Waals surface area (Å²) >= 11 is 5.98. The van der Waals surface area contributed by atoms with Crippen LogP contribution >= 0.6 is 11.6 Å². The summed E-state index contributed by atoms with van der Waals surface area (Å²) in [5, 5.41) is 0.686. The summed E-state index contributed by atoms with van der Waals surface area (Å²) in [7, 11) is 0. The van der Waals surface area contributed by atoms with Crippen molar-refractivity contribution in [3.63, 3.8) is 0 Å². The lowest BCUT2D eigenvalue weighted by atomic mass is 10.2. The van der Waals surface area contributed by atoms with E-state index in [4.69, 9.17) is 21.1 Å². The molecule has 0 aliphatic carbocycles. The summed E-state index contributed by atoms with van der Waals surface area (Å²) in [6.45, 7) is 4.42. The third-order valence-corrected chi connectivity index (χ3v) is 5.17. The number of rotatable bonds is 8. The third-order valence-electron chi connectivity index (χ3n) is 4.75. The van der Waals surface area contributed by atoms with Gasteiger partial charge in [0.15, 0.2) is 6.61 Å². The molecular formula is C21H25ClN4O4. The molecule has 2 heterocycles. The van der Waals surface area contributed by atoms with Crippen molar-refractivity contribution in [2.24, 2.45) is 0 Å². The minimum Gasteiger partial charge on any atom is -0.494 e. The van der Waals surface area contributed by atoms with Gasteiger partial charge in [0, 0.05) is 50.0 Å². The number of anilines is 1. The Hall–Kier alpha value is -2.87. The van der Waals surface area contributed by atoms with E-state index in [-0.39, 0.29) is 18.9 Å². The Morgan fingerprint density at radius 2 is 1.87 bits per heavy atom. The first kappa shape index (κ1) is 21.8. The van der Waals surface area contributed by atoms with Crippen molar-refractivity contribution >= 4 is 29.4 Å². The van der Waals surface area contributed by atoms with Crippen LogP contribution in [0.15, 0.2) is 36.7 Å². The Balaban J connectivity index is 1.30. The van der Waals surface area contributed by atoms with E-state index in [0.717, 1.165) is 5.56 Å². The Morgan fingerprint density at radius 1 is 1.13 bits per heavy atom. The number of aryl methyl sites for hydroxylation is 1. The molecule has 0 atom stereocenters. The second-order valence-corrected chi connectivity index (χ2v) is 7.35. The van der Waals surface area contributed by atoms with Crippen molar-refractivity contribution in [1.82, 2.24) is 14.9 Å². The van der Waals surface area contributed by atoms with Gasteiger partial charge >= 0.3 is 5.97 Å². The molecule has 1 aromatic carbocycles. The van der Waals surface area contributed by atoms with Gasteiger partial charge in [-0.25, -0.2) is 9.97 Å². The lowest BCUT2D eigenvalue weighted by Gasteiger charge is -2.34. The number of esters is 1. The Kier molecular flexibility index (Phi) is 7.84. The number of ether oxygens (including phenoxy) is 2. The zero-order chi connectivity index (χ0) is 21.3. The highest BCUT2D eigenvalue weighted by atomic mass is 35.5. The van der Waals surface area contributed by atoms with E-state index in [1.54, 1.807) is 35.5 Å². The smallest absolute Gasteiger partial charge is 0.306 e. The summed E-state index contributed by atoms with van der Waals surface area (Å²) in [5.74, 6) is 0.771. The molecule has 30 heavy (non-hydrogen) atoms. The van der Waals surface area contributed by atoms with Crippen LogP contribution in [0.1, 0.15) is 18.4 Å². The first-order valence-electron chi connectivity index (χ1n) is 9.87. The van der Waals surface area contributed by atoms with Crippen LogP contribution in [0.2, 0.25) is 5.02 Å². The second kappa shape index (κ2) is 10.8. The van der Waals surface area contributed by atoms with Gasteiger partial charge in [-0.3, -0.25) is 9.59 Å². The molecule has 160 valence electrons. The molecule has 3 rings (SSSR count). The summed E-state index contributed by atoms with van der Waals surface area (Å²) in [6.07, 6.45) is 4.09. The van der Waals surface area contributed by atoms with Crippen LogP contribution in [0.4, 0.5) is 5.95 Å². The van der Waals surface area contributed by atoms with Crippen molar-refractivity contribution in [3.05, 3.63) is 47.2 Å². The SMILES string of the molecule is Cc1cc(OCCCC(=O)OCC(=O)N2CCN(c3ncccn3)CC2)ccc1Cl. The molecule has 0 unspecified atom stereocenters. The van der Waals surface area contributed by atoms with E-state index in [1.165, 1.54) is 0 Å². The topological polar surface area (TPSA) is 84.9 Å². The van der Waals surface area contributed by atoms with E-state index in [2.05, 4.69) is 9.97 Å². The second-order valence-electron chi connectivity index (χ2n) is 6.94. The molecule has 2 aromatic rings. The van der Waals surface area contributed by atoms with E-state index in [9.17, 15) is 9.59 Å². The molecule has 0 radical (unpaired) electrons. The van der Waals surface area contributed by atoms with Gasteiger partial charge in [-0.05, 0) is 43.2 Å². The van der Waals surface area contributed by atoms with E-state index in [1.807, 2.05) is 17.9 Å². The normalized spacial score (nSPS) is 13.8. The minimum atomic E-state index is -0.407. The standard InChI is InChI=1S/C21H25ClN4O4/c1-16-14-17(5-6-18(16)22)29-13-2-4-20(28)30-15-19(27)25-9-11-26(12-10-25)21-23-7-3-8-24-21/h3,5-8,14H,2,4,9-13,15H2,1H3. The number of nitrogens with zero attached hydrogens (tertiary/aromatic N) is 4. The lowest BCUT2D eigenvalue weighted by Crippen LogP contribution is -2.50. The first-order valence-corrected chi connectivity index (χ1v) is 10.2. The lowest BCUT2D eigenvalue weighted by molar-refractivity contribution is -0.152. The number of carbonyl (C=O) groups is 2. The highest BCUT2D eigenvalue weighted by molar-refractivity contribution is 6.31. The predicted molar refractivity (Wildman–Crippen MR) is 113 cm³/mol. The van der Waals surface area contributed by atoms with Crippen LogP contribution in [-0.2, 0) is 14.3 Å². The van der Waals surface area contributed by atoms with Crippen LogP contribution in [0.5, 0.6) is 5.75 Å². The highest BCUT2D eigenvalue weighted by Gasteiger charge is 2.23. The summed E-state index contributed by atoms with van der Waals surface area (Å²) in [4.78, 5) is 36.3. The minimum absolute atomic E-state index is 0.190. The summed E-state index contributed by atoms with van der Waals surface area (Å²) in [6, 6.07) is 7.18. The Morgan fingerprint density at radius 3 is 2.57 bits per heavy atom. The van der Waals surface area contributed by atoms with Crippen molar-refractivity contribution in [3.8, 4) is 5.75 Å². The molecule has 1 fully saturated rings. The van der Waals surface area contributed by atoms with Gasteiger partial charge in [0.1, 0.15) is 5.75 Å². The Labute approximate surface area is 180 Å². The molecule has 0 bridgehead atoms. The average Bonchev–Trinajstić information content (AvgIpc) is 2.78. The average molecular weight is 433 g/mol. The molecule has 0 spiro atoms. The van der Waals surface area contributed by atoms with E-state index >= 15 is 0 Å². The number of amides is 1. The third kappa shape index (κ3) is 6.32. The van der Waals surface area contributed by atoms with Crippen molar-refractivity contribution < 1.29 is 19.1 Å². The highest BCUT2D eigenvalue weighted by Crippen LogP contribution is 2.21. The first-order chi connectivity index (χ1) is 14.5. The maximum atomic E-state index is 12.3. The van der Waals surface area contributed by atoms with Gasteiger partial charge in [0.2, 0.25) is 5.95 Å². The van der Waals surface area contributed by atoms with Gasteiger partial charge in [-0.2, -0.15) is 0 Å². The monoisotopic (exact) mass is 432 g/mol. The fourth-order valence-corrected chi connectivity index (χ4v) is 3.15. The number of hydrogen-bond donors (Lipinski definition) is 0. The Bertz CT molecular complexity index is 857. The zero-order valence-electron chi connectivity index (χ0n) is 16.9. The maximum Gasteiger partial charge on any atom is 0.306 e. The fraction of sp³-hybridized carbons (Fsp3) is 0.429. The van der Waals surface area contributed by atoms with Crippen LogP contribution in [0.25, 0.3) is 0 Å². The number of piperazine rings is 1. The largest absolute Gasteiger partial charge is 0.494 e. The predicted octanol–water partition coefficient (Wildman–Crippen LogP) is 2.49. The van der Waals surface area contributed by atoms with E-state index in [0.29, 0.717) is 55.9 Å². The van der Waals surface area contributed by atoms with Gasteiger partial charge < -0.3 is 19.3 Å². The number of hydrogen-bond acceptors (Lipinski definition) is 7. The van der Waals surface area contributed by atoms with Crippen molar-refractivity contribution in [2.45, 2.75) is 19.8 Å². The van der Waals surface area contributed by atoms with Crippen LogP contribution in [0, 0.1) is 6.92 Å². The number of aromatic nitrogens is 2. The van der Waals surface area contributed by atoms with Crippen LogP contribution < -0.4 is 9.64 Å². The molecule has 8 nitrogen and oxygen atoms in total. The maximum absolute atomic E-state index is 12.3. The zero-order valence-corrected chi connectivity index (χ0v) is 17.7. The van der Waals surface area contributed by atoms with E-state index < -0.39 is 5.97 Å². The molecule has 1 saturated heterocycles. The number of carbonyl (C=O) groups excluding carboxylic acids is 2. The molecule has 0 saturated carbocycles. The van der Waals surface area contributed by atoms with Crippen molar-refractivity contribution in [2.75, 3.05) is 44.3 Å². The van der Waals surface area contributed by atoms with Crippen molar-refractivity contribution in [1.29, 1.82) is 0 Å². The summed E-state index contributed by atoms with van der Waals surface area (Å²) in [5.41, 5.74) is 0.934. The van der Waals surface area contributed by atoms with Crippen LogP contribution in [-0.4, -0.2) is 66.1 Å². The quantitative estimate of drug-likeness (QED) is 0.468. The number of benzene rings is 1. The van der Waals surface area contributed by atoms with Crippen LogP contribution in [0.3, 0.4) is 0 Å². The molecule has 9 heteroatoms. The molecule has 1 aliphatic rings. The van der Waals surface area contributed by atoms with Gasteiger partial charge in [-0.1, -0.05) is 11.6 Å². The van der Waals surface area contributed by atoms with Gasteiger partial charge in [0.25, 0.3) is 5.91 Å². The molecule has 0 N–H and O–H groups in total. The molecule has 1 aliphatic heterocycles. The molecule has 1 amide bonds. The summed E-state index contributed by atoms with van der Waals surface area (Å²) < 4.78 is 10.7.